The van der Waals surface area contributed by atoms with Crippen LogP contribution in [0.15, 0.2) is 24.3 Å². The van der Waals surface area contributed by atoms with Crippen LogP contribution in [0.25, 0.3) is 0 Å². The lowest BCUT2D eigenvalue weighted by atomic mass is 9.81. The molecule has 0 saturated heterocycles. The van der Waals surface area contributed by atoms with Crippen LogP contribution in [0.5, 0.6) is 0 Å². The van der Waals surface area contributed by atoms with Crippen molar-refractivity contribution >= 4 is 17.5 Å². The first-order chi connectivity index (χ1) is 11.5. The number of nitrogens with zero attached hydrogens (tertiary/aromatic N) is 1. The van der Waals surface area contributed by atoms with E-state index in [1.54, 1.807) is 6.92 Å². The first kappa shape index (κ1) is 18.5. The third-order valence-corrected chi connectivity index (χ3v) is 5.18. The van der Waals surface area contributed by atoms with E-state index in [9.17, 15) is 9.59 Å². The Kier molecular flexibility index (Phi) is 5.99. The van der Waals surface area contributed by atoms with Crippen molar-refractivity contribution in [3.63, 3.8) is 0 Å². The standard InChI is InChI=1S/C19H29N3O2/c1-4-19(5-2,13-20)18(24)21-16-8-6-15(7-9-16)12-22(14(3)23)17-10-11-17/h6-9,17H,4-5,10-13,20H2,1-3H3,(H,21,24). The molecule has 0 unspecified atom stereocenters. The second kappa shape index (κ2) is 7.79. The maximum absolute atomic E-state index is 12.5. The Hall–Kier alpha value is -1.88. The molecule has 1 aliphatic carbocycles. The average molecular weight is 331 g/mol. The molecule has 1 saturated carbocycles. The van der Waals surface area contributed by atoms with Gasteiger partial charge in [0.1, 0.15) is 0 Å². The van der Waals surface area contributed by atoms with Crippen LogP contribution < -0.4 is 11.1 Å². The quantitative estimate of drug-likeness (QED) is 0.769. The normalized spacial score (nSPS) is 14.3. The van der Waals surface area contributed by atoms with E-state index in [-0.39, 0.29) is 11.8 Å². The van der Waals surface area contributed by atoms with Crippen molar-refractivity contribution in [3.05, 3.63) is 29.8 Å². The maximum Gasteiger partial charge on any atom is 0.231 e. The number of benzene rings is 1. The molecule has 0 heterocycles. The molecule has 1 fully saturated rings. The highest BCUT2D eigenvalue weighted by atomic mass is 16.2. The summed E-state index contributed by atoms with van der Waals surface area (Å²) < 4.78 is 0. The Bertz CT molecular complexity index is 567. The fourth-order valence-corrected chi connectivity index (χ4v) is 2.99. The molecule has 2 rings (SSSR count). The molecule has 0 bridgehead atoms. The monoisotopic (exact) mass is 331 g/mol. The molecule has 2 amide bonds. The molecule has 5 nitrogen and oxygen atoms in total. The van der Waals surface area contributed by atoms with Gasteiger partial charge in [0.2, 0.25) is 11.8 Å². The average Bonchev–Trinajstić information content (AvgIpc) is 3.41. The van der Waals surface area contributed by atoms with Crippen molar-refractivity contribution in [1.29, 1.82) is 0 Å². The van der Waals surface area contributed by atoms with Crippen molar-refractivity contribution in [3.8, 4) is 0 Å². The second-order valence-electron chi connectivity index (χ2n) is 6.72. The number of hydrogen-bond donors (Lipinski definition) is 2. The number of hydrogen-bond acceptors (Lipinski definition) is 3. The molecule has 1 aromatic rings. The lowest BCUT2D eigenvalue weighted by molar-refractivity contribution is -0.130. The summed E-state index contributed by atoms with van der Waals surface area (Å²) >= 11 is 0. The van der Waals surface area contributed by atoms with E-state index in [4.69, 9.17) is 5.73 Å². The van der Waals surface area contributed by atoms with Gasteiger partial charge in [-0.05, 0) is 43.4 Å². The van der Waals surface area contributed by atoms with Crippen LogP contribution in [0, 0.1) is 5.41 Å². The van der Waals surface area contributed by atoms with Gasteiger partial charge in [0.15, 0.2) is 0 Å². The predicted octanol–water partition coefficient (Wildman–Crippen LogP) is 2.90. The van der Waals surface area contributed by atoms with Crippen molar-refractivity contribution in [2.24, 2.45) is 11.1 Å². The summed E-state index contributed by atoms with van der Waals surface area (Å²) in [6, 6.07) is 8.13. The Morgan fingerprint density at radius 3 is 2.21 bits per heavy atom. The zero-order valence-electron chi connectivity index (χ0n) is 15.0. The van der Waals surface area contributed by atoms with Gasteiger partial charge in [-0.1, -0.05) is 26.0 Å². The molecule has 0 aromatic heterocycles. The van der Waals surface area contributed by atoms with Gasteiger partial charge in [0, 0.05) is 31.7 Å². The number of nitrogens with two attached hydrogens (primary N) is 1. The summed E-state index contributed by atoms with van der Waals surface area (Å²) in [4.78, 5) is 26.2. The van der Waals surface area contributed by atoms with Crippen molar-refractivity contribution in [2.75, 3.05) is 11.9 Å². The topological polar surface area (TPSA) is 75.4 Å². The van der Waals surface area contributed by atoms with E-state index in [2.05, 4.69) is 5.32 Å². The molecule has 3 N–H and O–H groups in total. The van der Waals surface area contributed by atoms with Gasteiger partial charge >= 0.3 is 0 Å². The Labute approximate surface area is 144 Å². The second-order valence-corrected chi connectivity index (χ2v) is 6.72. The SMILES string of the molecule is CCC(CC)(CN)C(=O)Nc1ccc(CN(C(C)=O)C2CC2)cc1. The third-order valence-electron chi connectivity index (χ3n) is 5.18. The van der Waals surface area contributed by atoms with Crippen LogP contribution >= 0.6 is 0 Å². The molecular weight excluding hydrogens is 302 g/mol. The van der Waals surface area contributed by atoms with Gasteiger partial charge < -0.3 is 16.0 Å². The van der Waals surface area contributed by atoms with E-state index in [0.29, 0.717) is 19.1 Å². The molecule has 0 aliphatic heterocycles. The van der Waals surface area contributed by atoms with Crippen LogP contribution in [-0.2, 0) is 16.1 Å². The van der Waals surface area contributed by atoms with E-state index >= 15 is 0 Å². The Morgan fingerprint density at radius 1 is 1.21 bits per heavy atom. The van der Waals surface area contributed by atoms with Crippen LogP contribution in [0.3, 0.4) is 0 Å². The van der Waals surface area contributed by atoms with E-state index in [0.717, 1.165) is 36.9 Å². The molecule has 5 heteroatoms. The molecule has 1 aromatic carbocycles. The molecule has 1 aliphatic rings. The highest BCUT2D eigenvalue weighted by molar-refractivity contribution is 5.95. The number of amides is 2. The van der Waals surface area contributed by atoms with Crippen LogP contribution in [0.1, 0.15) is 52.0 Å². The van der Waals surface area contributed by atoms with E-state index in [1.807, 2.05) is 43.0 Å². The summed E-state index contributed by atoms with van der Waals surface area (Å²) in [5.41, 5.74) is 7.17. The minimum absolute atomic E-state index is 0.0221. The van der Waals surface area contributed by atoms with Crippen LogP contribution in [0.4, 0.5) is 5.69 Å². The van der Waals surface area contributed by atoms with Gasteiger partial charge in [-0.25, -0.2) is 0 Å². The largest absolute Gasteiger partial charge is 0.336 e. The van der Waals surface area contributed by atoms with Crippen LogP contribution in [-0.4, -0.2) is 29.3 Å². The minimum Gasteiger partial charge on any atom is -0.336 e. The van der Waals surface area contributed by atoms with Gasteiger partial charge in [0.25, 0.3) is 0 Å². The number of nitrogens with one attached hydrogen (secondary N) is 1. The molecule has 0 radical (unpaired) electrons. The number of rotatable bonds is 8. The summed E-state index contributed by atoms with van der Waals surface area (Å²) in [5, 5.41) is 2.97. The lowest BCUT2D eigenvalue weighted by Crippen LogP contribution is -2.41. The van der Waals surface area contributed by atoms with Crippen LogP contribution in [0.2, 0.25) is 0 Å². The van der Waals surface area contributed by atoms with Gasteiger partial charge in [-0.15, -0.1) is 0 Å². The van der Waals surface area contributed by atoms with Crippen molar-refractivity contribution in [1.82, 2.24) is 4.90 Å². The third kappa shape index (κ3) is 4.15. The molecule has 132 valence electrons. The summed E-state index contributed by atoms with van der Waals surface area (Å²) in [7, 11) is 0. The van der Waals surface area contributed by atoms with E-state index < -0.39 is 5.41 Å². The van der Waals surface area contributed by atoms with Gasteiger partial charge in [-0.3, -0.25) is 9.59 Å². The first-order valence-corrected chi connectivity index (χ1v) is 8.83. The Morgan fingerprint density at radius 2 is 1.79 bits per heavy atom. The molecule has 24 heavy (non-hydrogen) atoms. The molecule has 0 atom stereocenters. The fraction of sp³-hybridized carbons (Fsp3) is 0.579. The summed E-state index contributed by atoms with van der Waals surface area (Å²) in [6.07, 6.45) is 3.64. The van der Waals surface area contributed by atoms with Gasteiger partial charge in [0.05, 0.1) is 5.41 Å². The van der Waals surface area contributed by atoms with E-state index in [1.165, 1.54) is 0 Å². The maximum atomic E-state index is 12.5. The smallest absolute Gasteiger partial charge is 0.231 e. The summed E-state index contributed by atoms with van der Waals surface area (Å²) in [5.74, 6) is 0.0968. The summed E-state index contributed by atoms with van der Waals surface area (Å²) in [6.45, 7) is 6.58. The predicted molar refractivity (Wildman–Crippen MR) is 96.4 cm³/mol. The highest BCUT2D eigenvalue weighted by Gasteiger charge is 2.33. The zero-order valence-corrected chi connectivity index (χ0v) is 15.0. The molecule has 0 spiro atoms. The number of carbonyl (C=O) groups excluding carboxylic acids is 2. The minimum atomic E-state index is -0.504. The lowest BCUT2D eigenvalue weighted by Gasteiger charge is -2.28. The van der Waals surface area contributed by atoms with Gasteiger partial charge in [-0.2, -0.15) is 0 Å². The first-order valence-electron chi connectivity index (χ1n) is 8.83. The molecular formula is C19H29N3O2. The fourth-order valence-electron chi connectivity index (χ4n) is 2.99. The zero-order chi connectivity index (χ0) is 17.7. The van der Waals surface area contributed by atoms with Crippen molar-refractivity contribution < 1.29 is 9.59 Å². The number of anilines is 1. The Balaban J connectivity index is 2.01. The van der Waals surface area contributed by atoms with Crippen molar-refractivity contribution in [2.45, 2.75) is 59.0 Å². The highest BCUT2D eigenvalue weighted by Crippen LogP contribution is 2.29. The number of carbonyl (C=O) groups is 2.